The van der Waals surface area contributed by atoms with Gasteiger partial charge in [-0.25, -0.2) is 4.79 Å². The molecule has 2 aromatic rings. The first-order chi connectivity index (χ1) is 13.2. The number of amides is 3. The summed E-state index contributed by atoms with van der Waals surface area (Å²) in [6.45, 7) is 4.65. The third-order valence-electron chi connectivity index (χ3n) is 4.62. The highest BCUT2D eigenvalue weighted by atomic mass is 16.2. The molecule has 1 saturated heterocycles. The lowest BCUT2D eigenvalue weighted by Crippen LogP contribution is -2.42. The summed E-state index contributed by atoms with van der Waals surface area (Å²) >= 11 is 0. The number of carbonyl (C=O) groups is 2. The molecule has 1 aliphatic rings. The van der Waals surface area contributed by atoms with Gasteiger partial charge in [0.15, 0.2) is 0 Å². The molecular weight excluding hydrogens is 340 g/mol. The van der Waals surface area contributed by atoms with Crippen molar-refractivity contribution >= 4 is 23.3 Å². The highest BCUT2D eigenvalue weighted by Gasteiger charge is 2.26. The van der Waals surface area contributed by atoms with Gasteiger partial charge in [-0.1, -0.05) is 25.1 Å². The van der Waals surface area contributed by atoms with Crippen LogP contribution in [0.25, 0.3) is 0 Å². The largest absolute Gasteiger partial charge is 0.334 e. The number of rotatable bonds is 6. The van der Waals surface area contributed by atoms with E-state index in [1.54, 1.807) is 24.3 Å². The van der Waals surface area contributed by atoms with Gasteiger partial charge in [0.05, 0.1) is 0 Å². The van der Waals surface area contributed by atoms with Crippen molar-refractivity contribution in [3.05, 3.63) is 60.2 Å². The van der Waals surface area contributed by atoms with E-state index in [2.05, 4.69) is 22.9 Å². The van der Waals surface area contributed by atoms with Crippen molar-refractivity contribution in [2.75, 3.05) is 30.3 Å². The number of hydrogen-bond donors (Lipinski definition) is 3. The minimum atomic E-state index is -0.315. The van der Waals surface area contributed by atoms with Crippen LogP contribution in [0, 0.1) is 0 Å². The second kappa shape index (κ2) is 9.19. The molecule has 0 bridgehead atoms. The van der Waals surface area contributed by atoms with E-state index >= 15 is 0 Å². The van der Waals surface area contributed by atoms with Crippen LogP contribution in [0.15, 0.2) is 54.6 Å². The molecule has 1 unspecified atom stereocenters. The van der Waals surface area contributed by atoms with Gasteiger partial charge in [0.25, 0.3) is 5.91 Å². The zero-order valence-electron chi connectivity index (χ0n) is 15.6. The maximum absolute atomic E-state index is 12.9. The Labute approximate surface area is 159 Å². The molecular formula is C21H26N4O2. The summed E-state index contributed by atoms with van der Waals surface area (Å²) in [6.07, 6.45) is 1.92. The molecule has 0 radical (unpaired) electrons. The van der Waals surface area contributed by atoms with E-state index in [4.69, 9.17) is 0 Å². The Balaban J connectivity index is 1.61. The number of nitrogens with zero attached hydrogens (tertiary/aromatic N) is 1. The summed E-state index contributed by atoms with van der Waals surface area (Å²) in [6, 6.07) is 16.2. The summed E-state index contributed by atoms with van der Waals surface area (Å²) in [7, 11) is 0. The van der Waals surface area contributed by atoms with Gasteiger partial charge in [-0.3, -0.25) is 4.79 Å². The molecule has 0 spiro atoms. The molecule has 0 aromatic heterocycles. The predicted octanol–water partition coefficient (Wildman–Crippen LogP) is 3.54. The second-order valence-corrected chi connectivity index (χ2v) is 6.67. The first-order valence-corrected chi connectivity index (χ1v) is 9.42. The number of anilines is 2. The van der Waals surface area contributed by atoms with E-state index in [1.807, 2.05) is 35.2 Å². The smallest absolute Gasteiger partial charge is 0.323 e. The highest BCUT2D eigenvalue weighted by Crippen LogP contribution is 2.17. The fourth-order valence-electron chi connectivity index (χ4n) is 3.27. The Morgan fingerprint density at radius 3 is 2.30 bits per heavy atom. The average molecular weight is 366 g/mol. The van der Waals surface area contributed by atoms with Crippen LogP contribution in [0.2, 0.25) is 0 Å². The minimum absolute atomic E-state index is 0.0471. The minimum Gasteiger partial charge on any atom is -0.334 e. The van der Waals surface area contributed by atoms with Gasteiger partial charge < -0.3 is 20.9 Å². The zero-order chi connectivity index (χ0) is 19.1. The second-order valence-electron chi connectivity index (χ2n) is 6.67. The molecule has 2 aromatic carbocycles. The first-order valence-electron chi connectivity index (χ1n) is 9.42. The van der Waals surface area contributed by atoms with Crippen LogP contribution in [0.4, 0.5) is 16.2 Å². The molecule has 1 aliphatic heterocycles. The molecule has 3 amide bonds. The van der Waals surface area contributed by atoms with E-state index in [0.717, 1.165) is 38.2 Å². The standard InChI is InChI=1S/C21H26N4O2/c1-2-14-25(19-12-13-22-15-19)20(26)16-8-10-18(11-9-16)24-21(27)23-17-6-4-3-5-7-17/h3-11,19,22H,2,12-15H2,1H3,(H2,23,24,27). The molecule has 3 N–H and O–H groups in total. The predicted molar refractivity (Wildman–Crippen MR) is 108 cm³/mol. The molecule has 6 heteroatoms. The van der Waals surface area contributed by atoms with Crippen molar-refractivity contribution in [1.82, 2.24) is 10.2 Å². The molecule has 6 nitrogen and oxygen atoms in total. The summed E-state index contributed by atoms with van der Waals surface area (Å²) in [4.78, 5) is 26.9. The van der Waals surface area contributed by atoms with Crippen molar-refractivity contribution in [2.24, 2.45) is 0 Å². The number of benzene rings is 2. The summed E-state index contributed by atoms with van der Waals surface area (Å²) in [5, 5.41) is 8.87. The third kappa shape index (κ3) is 5.08. The average Bonchev–Trinajstić information content (AvgIpc) is 3.21. The van der Waals surface area contributed by atoms with Crippen LogP contribution in [0.3, 0.4) is 0 Å². The van der Waals surface area contributed by atoms with Gasteiger partial charge in [0.2, 0.25) is 0 Å². The van der Waals surface area contributed by atoms with E-state index in [1.165, 1.54) is 0 Å². The summed E-state index contributed by atoms with van der Waals surface area (Å²) in [5.41, 5.74) is 2.01. The molecule has 1 atom stereocenters. The molecule has 27 heavy (non-hydrogen) atoms. The lowest BCUT2D eigenvalue weighted by atomic mass is 10.1. The monoisotopic (exact) mass is 366 g/mol. The van der Waals surface area contributed by atoms with Crippen molar-refractivity contribution in [3.8, 4) is 0 Å². The fraction of sp³-hybridized carbons (Fsp3) is 0.333. The number of carbonyl (C=O) groups excluding carboxylic acids is 2. The van der Waals surface area contributed by atoms with Crippen LogP contribution < -0.4 is 16.0 Å². The maximum atomic E-state index is 12.9. The Kier molecular flexibility index (Phi) is 6.44. The van der Waals surface area contributed by atoms with Gasteiger partial charge in [0, 0.05) is 36.1 Å². The van der Waals surface area contributed by atoms with Crippen LogP contribution >= 0.6 is 0 Å². The normalized spacial score (nSPS) is 16.0. The molecule has 1 fully saturated rings. The Morgan fingerprint density at radius 1 is 1.04 bits per heavy atom. The Hall–Kier alpha value is -2.86. The lowest BCUT2D eigenvalue weighted by Gasteiger charge is -2.28. The van der Waals surface area contributed by atoms with E-state index < -0.39 is 0 Å². The van der Waals surface area contributed by atoms with Crippen LogP contribution in [-0.4, -0.2) is 42.5 Å². The zero-order valence-corrected chi connectivity index (χ0v) is 15.6. The van der Waals surface area contributed by atoms with E-state index in [0.29, 0.717) is 11.3 Å². The van der Waals surface area contributed by atoms with Crippen molar-refractivity contribution in [3.63, 3.8) is 0 Å². The van der Waals surface area contributed by atoms with Crippen LogP contribution in [0.1, 0.15) is 30.1 Å². The Morgan fingerprint density at radius 2 is 1.70 bits per heavy atom. The fourth-order valence-corrected chi connectivity index (χ4v) is 3.27. The van der Waals surface area contributed by atoms with Crippen molar-refractivity contribution in [2.45, 2.75) is 25.8 Å². The summed E-state index contributed by atoms with van der Waals surface area (Å²) in [5.74, 6) is 0.0471. The number of nitrogens with one attached hydrogen (secondary N) is 3. The molecule has 0 saturated carbocycles. The topological polar surface area (TPSA) is 73.5 Å². The van der Waals surface area contributed by atoms with Gasteiger partial charge >= 0.3 is 6.03 Å². The first kappa shape index (κ1) is 18.9. The van der Waals surface area contributed by atoms with Gasteiger partial charge in [-0.2, -0.15) is 0 Å². The third-order valence-corrected chi connectivity index (χ3v) is 4.62. The summed E-state index contributed by atoms with van der Waals surface area (Å²) < 4.78 is 0. The molecule has 0 aliphatic carbocycles. The van der Waals surface area contributed by atoms with E-state index in [-0.39, 0.29) is 18.0 Å². The molecule has 3 rings (SSSR count). The van der Waals surface area contributed by atoms with Crippen molar-refractivity contribution in [1.29, 1.82) is 0 Å². The number of para-hydroxylation sites is 1. The lowest BCUT2D eigenvalue weighted by molar-refractivity contribution is 0.0692. The number of hydrogen-bond acceptors (Lipinski definition) is 3. The Bertz CT molecular complexity index is 756. The molecule has 1 heterocycles. The van der Waals surface area contributed by atoms with Crippen LogP contribution in [-0.2, 0) is 0 Å². The van der Waals surface area contributed by atoms with Gasteiger partial charge in [-0.05, 0) is 55.8 Å². The van der Waals surface area contributed by atoms with Crippen LogP contribution in [0.5, 0.6) is 0 Å². The van der Waals surface area contributed by atoms with Gasteiger partial charge in [-0.15, -0.1) is 0 Å². The van der Waals surface area contributed by atoms with Crippen molar-refractivity contribution < 1.29 is 9.59 Å². The van der Waals surface area contributed by atoms with Gasteiger partial charge in [0.1, 0.15) is 0 Å². The number of urea groups is 1. The highest BCUT2D eigenvalue weighted by molar-refractivity contribution is 6.00. The maximum Gasteiger partial charge on any atom is 0.323 e. The SMILES string of the molecule is CCCN(C(=O)c1ccc(NC(=O)Nc2ccccc2)cc1)C1CCNC1. The van der Waals surface area contributed by atoms with E-state index in [9.17, 15) is 9.59 Å². The quantitative estimate of drug-likeness (QED) is 0.732. The molecule has 142 valence electrons.